The molecule has 1 aromatic carbocycles. The summed E-state index contributed by atoms with van der Waals surface area (Å²) in [4.78, 5) is 51.3. The van der Waals surface area contributed by atoms with Gasteiger partial charge in [-0.25, -0.2) is 9.78 Å². The third-order valence-corrected chi connectivity index (χ3v) is 7.40. The van der Waals surface area contributed by atoms with E-state index < -0.39 is 11.5 Å². The lowest BCUT2D eigenvalue weighted by molar-refractivity contribution is 0.102. The molecule has 1 fully saturated rings. The molecule has 13 nitrogen and oxygen atoms in total. The molecule has 42 heavy (non-hydrogen) atoms. The predicted octanol–water partition coefficient (Wildman–Crippen LogP) is 2.70. The van der Waals surface area contributed by atoms with Crippen LogP contribution in [0, 0.1) is 6.92 Å². The molecule has 222 valence electrons. The monoisotopic (exact) mass is 576 g/mol. The first kappa shape index (κ1) is 28.7. The Bertz CT molecular complexity index is 1480. The van der Waals surface area contributed by atoms with Gasteiger partial charge in [0.2, 0.25) is 5.88 Å². The van der Waals surface area contributed by atoms with Crippen molar-refractivity contribution in [2.75, 3.05) is 87.5 Å². The molecule has 0 spiro atoms. The number of carbonyl (C=O) groups is 2. The maximum Gasteiger partial charge on any atom is 0.319 e. The molecule has 3 aromatic rings. The molecule has 2 aliphatic rings. The Kier molecular flexibility index (Phi) is 8.77. The van der Waals surface area contributed by atoms with E-state index >= 15 is 0 Å². The van der Waals surface area contributed by atoms with Crippen molar-refractivity contribution in [3.63, 3.8) is 0 Å². The molecular formula is C29H36N8O5. The van der Waals surface area contributed by atoms with Crippen molar-refractivity contribution >= 4 is 40.4 Å². The molecule has 4 N–H and O–H groups in total. The fourth-order valence-electron chi connectivity index (χ4n) is 4.97. The molecule has 13 heteroatoms. The lowest BCUT2D eigenvalue weighted by Gasteiger charge is -2.37. The fraction of sp³-hybridized carbons (Fsp3) is 0.379. The van der Waals surface area contributed by atoms with Crippen LogP contribution < -0.4 is 31.1 Å². The fourth-order valence-corrected chi connectivity index (χ4v) is 4.97. The van der Waals surface area contributed by atoms with Gasteiger partial charge in [0.05, 0.1) is 24.2 Å². The number of amides is 3. The second-order valence-corrected chi connectivity index (χ2v) is 10.1. The van der Waals surface area contributed by atoms with Crippen LogP contribution in [0.4, 0.5) is 33.2 Å². The van der Waals surface area contributed by atoms with Crippen LogP contribution in [0.3, 0.4) is 0 Å². The number of fused-ring (bicyclic) bond motifs is 1. The average molecular weight is 577 g/mol. The van der Waals surface area contributed by atoms with Crippen molar-refractivity contribution in [3.8, 4) is 5.88 Å². The number of carbonyl (C=O) groups excluding carboxylic acids is 2. The van der Waals surface area contributed by atoms with Crippen molar-refractivity contribution in [1.82, 2.24) is 19.8 Å². The van der Waals surface area contributed by atoms with Gasteiger partial charge in [-0.3, -0.25) is 9.59 Å². The second kappa shape index (κ2) is 12.8. The van der Waals surface area contributed by atoms with Crippen LogP contribution in [0.15, 0.2) is 47.5 Å². The summed E-state index contributed by atoms with van der Waals surface area (Å²) in [5, 5.41) is 9.32. The number of pyridine rings is 2. The van der Waals surface area contributed by atoms with Gasteiger partial charge in [0.1, 0.15) is 17.9 Å². The number of nitrogens with zero attached hydrogens (tertiary/aromatic N) is 4. The molecule has 0 saturated carbocycles. The summed E-state index contributed by atoms with van der Waals surface area (Å²) in [5.74, 6) is -0.0145. The number of anilines is 5. The Morgan fingerprint density at radius 3 is 2.62 bits per heavy atom. The highest BCUT2D eigenvalue weighted by molar-refractivity contribution is 6.08. The Morgan fingerprint density at radius 1 is 1.12 bits per heavy atom. The van der Waals surface area contributed by atoms with Crippen molar-refractivity contribution in [3.05, 3.63) is 64.2 Å². The molecular weight excluding hydrogens is 540 g/mol. The quantitative estimate of drug-likeness (QED) is 0.318. The van der Waals surface area contributed by atoms with Gasteiger partial charge in [-0.1, -0.05) is 0 Å². The smallest absolute Gasteiger partial charge is 0.319 e. The summed E-state index contributed by atoms with van der Waals surface area (Å²) >= 11 is 0. The van der Waals surface area contributed by atoms with E-state index in [0.29, 0.717) is 75.4 Å². The third kappa shape index (κ3) is 6.25. The van der Waals surface area contributed by atoms with Crippen molar-refractivity contribution in [2.24, 2.45) is 0 Å². The number of piperazine rings is 1. The van der Waals surface area contributed by atoms with Gasteiger partial charge < -0.3 is 45.1 Å². The molecule has 0 unspecified atom stereocenters. The number of hydrogen-bond acceptors (Lipinski definition) is 9. The van der Waals surface area contributed by atoms with E-state index in [0.717, 1.165) is 16.9 Å². The highest BCUT2D eigenvalue weighted by atomic mass is 16.5. The van der Waals surface area contributed by atoms with Gasteiger partial charge in [-0.15, -0.1) is 0 Å². The number of benzene rings is 1. The summed E-state index contributed by atoms with van der Waals surface area (Å²) in [6, 6.07) is 9.08. The van der Waals surface area contributed by atoms with Gasteiger partial charge in [0, 0.05) is 76.6 Å². The normalized spacial score (nSPS) is 14.4. The van der Waals surface area contributed by atoms with Crippen LogP contribution in [-0.4, -0.2) is 98.3 Å². The number of ether oxygens (including phenoxy) is 2. The molecule has 3 amide bonds. The highest BCUT2D eigenvalue weighted by Gasteiger charge is 2.24. The number of aromatic nitrogens is 2. The number of likely N-dealkylation sites (N-methyl/N-ethyl adjacent to an activating group) is 1. The van der Waals surface area contributed by atoms with Crippen LogP contribution in [0.1, 0.15) is 15.9 Å². The van der Waals surface area contributed by atoms with E-state index in [2.05, 4.69) is 30.8 Å². The number of urea groups is 1. The Morgan fingerprint density at radius 2 is 1.88 bits per heavy atom. The summed E-state index contributed by atoms with van der Waals surface area (Å²) in [6.45, 7) is 6.79. The number of nitrogens with one attached hydrogen (secondary N) is 4. The largest absolute Gasteiger partial charge is 0.474 e. The lowest BCUT2D eigenvalue weighted by Crippen LogP contribution is -2.52. The molecule has 0 aliphatic carbocycles. The molecule has 5 rings (SSSR count). The van der Waals surface area contributed by atoms with Crippen LogP contribution in [0.5, 0.6) is 5.88 Å². The van der Waals surface area contributed by atoms with Crippen LogP contribution in [0.25, 0.3) is 0 Å². The van der Waals surface area contributed by atoms with E-state index in [4.69, 9.17) is 9.47 Å². The molecule has 2 aromatic heterocycles. The average Bonchev–Trinajstić information content (AvgIpc) is 3.01. The van der Waals surface area contributed by atoms with E-state index in [1.807, 2.05) is 24.0 Å². The molecule has 4 heterocycles. The van der Waals surface area contributed by atoms with E-state index in [-0.39, 0.29) is 11.6 Å². The van der Waals surface area contributed by atoms with Gasteiger partial charge >= 0.3 is 6.03 Å². The molecule has 0 atom stereocenters. The molecule has 0 bridgehead atoms. The first-order chi connectivity index (χ1) is 20.4. The van der Waals surface area contributed by atoms with E-state index in [9.17, 15) is 14.4 Å². The standard InChI is InChI=1S/C29H36N8O5/c1-19-23(18-32-28-25(19)30-10-16-42-28)34-22-8-9-31-26(38)24(22)27(39)33-20-4-6-21(7-5-20)36-11-13-37(14-12-36)29(40)35(2)15-17-41-3/h4-9,18,30H,10-17H2,1-3H3,(H,33,39)(H2,31,34,38). The number of methoxy groups -OCH3 is 1. The number of rotatable bonds is 8. The van der Waals surface area contributed by atoms with Gasteiger partial charge in [0.25, 0.3) is 11.5 Å². The first-order valence-corrected chi connectivity index (χ1v) is 13.9. The van der Waals surface area contributed by atoms with Gasteiger partial charge in [-0.05, 0) is 37.3 Å². The minimum Gasteiger partial charge on any atom is -0.474 e. The Hall–Kier alpha value is -4.78. The van der Waals surface area contributed by atoms with Gasteiger partial charge in [-0.2, -0.15) is 0 Å². The zero-order valence-corrected chi connectivity index (χ0v) is 24.0. The molecule has 2 aliphatic heterocycles. The SMILES string of the molecule is COCCN(C)C(=O)N1CCN(c2ccc(NC(=O)c3c(Nc4cnc5c(c4C)NCCO5)cc[nH]c3=O)cc2)CC1. The predicted molar refractivity (Wildman–Crippen MR) is 161 cm³/mol. The van der Waals surface area contributed by atoms with E-state index in [1.165, 1.54) is 6.20 Å². The van der Waals surface area contributed by atoms with Crippen LogP contribution in [0.2, 0.25) is 0 Å². The Labute approximate surface area is 243 Å². The minimum atomic E-state index is -0.540. The topological polar surface area (TPSA) is 144 Å². The third-order valence-electron chi connectivity index (χ3n) is 7.40. The summed E-state index contributed by atoms with van der Waals surface area (Å²) in [6.07, 6.45) is 3.11. The highest BCUT2D eigenvalue weighted by Crippen LogP contribution is 2.34. The van der Waals surface area contributed by atoms with Crippen molar-refractivity contribution in [2.45, 2.75) is 6.92 Å². The maximum absolute atomic E-state index is 13.3. The van der Waals surface area contributed by atoms with Crippen molar-refractivity contribution < 1.29 is 19.1 Å². The zero-order valence-electron chi connectivity index (χ0n) is 24.0. The molecule has 0 radical (unpaired) electrons. The number of aromatic amines is 1. The number of H-pyrrole nitrogens is 1. The minimum absolute atomic E-state index is 0.00162. The summed E-state index contributed by atoms with van der Waals surface area (Å²) < 4.78 is 10.7. The van der Waals surface area contributed by atoms with Crippen LogP contribution in [-0.2, 0) is 4.74 Å². The van der Waals surface area contributed by atoms with Crippen molar-refractivity contribution in [1.29, 1.82) is 0 Å². The summed E-state index contributed by atoms with van der Waals surface area (Å²) in [7, 11) is 3.40. The Balaban J connectivity index is 1.23. The zero-order chi connectivity index (χ0) is 29.6. The first-order valence-electron chi connectivity index (χ1n) is 13.9. The lowest BCUT2D eigenvalue weighted by atomic mass is 10.1. The molecule has 1 saturated heterocycles. The second-order valence-electron chi connectivity index (χ2n) is 10.1. The van der Waals surface area contributed by atoms with Crippen LogP contribution >= 0.6 is 0 Å². The number of hydrogen-bond donors (Lipinski definition) is 4. The van der Waals surface area contributed by atoms with E-state index in [1.54, 1.807) is 43.5 Å². The summed E-state index contributed by atoms with van der Waals surface area (Å²) in [5.41, 5.74) is 3.64. The maximum atomic E-state index is 13.3. The van der Waals surface area contributed by atoms with Gasteiger partial charge in [0.15, 0.2) is 0 Å².